The fraction of sp³-hybridized carbons (Fsp3) is 0.350. The van der Waals surface area contributed by atoms with E-state index in [1.807, 2.05) is 31.2 Å². The number of amides is 1. The molecule has 0 saturated carbocycles. The highest BCUT2D eigenvalue weighted by Gasteiger charge is 2.34. The first-order chi connectivity index (χ1) is 12.8. The summed E-state index contributed by atoms with van der Waals surface area (Å²) in [4.78, 5) is 12.5. The Hall–Kier alpha value is -2.54. The molecule has 1 aliphatic rings. The average Bonchev–Trinajstić information content (AvgIpc) is 2.64. The second-order valence-electron chi connectivity index (χ2n) is 6.75. The summed E-state index contributed by atoms with van der Waals surface area (Å²) in [7, 11) is -3.51. The van der Waals surface area contributed by atoms with Crippen LogP contribution < -0.4 is 14.4 Å². The molecule has 7 heteroatoms. The van der Waals surface area contributed by atoms with Crippen LogP contribution >= 0.6 is 0 Å². The van der Waals surface area contributed by atoms with Gasteiger partial charge in [-0.3, -0.25) is 9.10 Å². The highest BCUT2D eigenvalue weighted by atomic mass is 32.2. The summed E-state index contributed by atoms with van der Waals surface area (Å²) in [6, 6.07) is 15.3. The van der Waals surface area contributed by atoms with Gasteiger partial charge in [-0.25, -0.2) is 8.42 Å². The van der Waals surface area contributed by atoms with Crippen LogP contribution in [0.1, 0.15) is 17.5 Å². The molecule has 144 valence electrons. The molecule has 1 heterocycles. The second-order valence-corrected chi connectivity index (χ2v) is 8.66. The largest absolute Gasteiger partial charge is 0.476 e. The van der Waals surface area contributed by atoms with Crippen molar-refractivity contribution >= 4 is 21.6 Å². The maximum absolute atomic E-state index is 12.5. The molecule has 3 rings (SSSR count). The van der Waals surface area contributed by atoms with Crippen molar-refractivity contribution in [2.75, 3.05) is 23.7 Å². The third-order valence-corrected chi connectivity index (χ3v) is 5.61. The van der Waals surface area contributed by atoms with Gasteiger partial charge >= 0.3 is 0 Å². The van der Waals surface area contributed by atoms with Crippen LogP contribution in [0.5, 0.6) is 5.75 Å². The third-order valence-electron chi connectivity index (χ3n) is 4.46. The van der Waals surface area contributed by atoms with Crippen LogP contribution in [0.4, 0.5) is 5.69 Å². The zero-order valence-electron chi connectivity index (χ0n) is 15.5. The molecule has 2 aromatic carbocycles. The highest BCUT2D eigenvalue weighted by molar-refractivity contribution is 7.92. The smallest absolute Gasteiger partial charge is 0.263 e. The number of carbonyl (C=O) groups is 1. The molecule has 0 saturated heterocycles. The number of anilines is 1. The number of benzene rings is 2. The lowest BCUT2D eigenvalue weighted by molar-refractivity contribution is -0.127. The van der Waals surface area contributed by atoms with Gasteiger partial charge in [0, 0.05) is 6.54 Å². The number of fused-ring (bicyclic) bond motifs is 1. The van der Waals surface area contributed by atoms with Gasteiger partial charge in [0.05, 0.1) is 18.5 Å². The van der Waals surface area contributed by atoms with Crippen molar-refractivity contribution in [2.45, 2.75) is 25.9 Å². The summed E-state index contributed by atoms with van der Waals surface area (Å²) in [5.41, 5.74) is 2.62. The van der Waals surface area contributed by atoms with E-state index in [0.717, 1.165) is 24.7 Å². The van der Waals surface area contributed by atoms with Gasteiger partial charge in [-0.05, 0) is 43.0 Å². The number of carbonyl (C=O) groups excluding carboxylic acids is 1. The Morgan fingerprint density at radius 3 is 2.67 bits per heavy atom. The number of hydrogen-bond acceptors (Lipinski definition) is 4. The van der Waals surface area contributed by atoms with Gasteiger partial charge in [-0.15, -0.1) is 0 Å². The minimum atomic E-state index is -3.51. The van der Waals surface area contributed by atoms with Gasteiger partial charge in [0.1, 0.15) is 5.75 Å². The number of aryl methyl sites for hydroxylation is 2. The number of nitrogens with zero attached hydrogens (tertiary/aromatic N) is 1. The molecule has 0 fully saturated rings. The maximum atomic E-state index is 12.5. The lowest BCUT2D eigenvalue weighted by Gasteiger charge is -2.34. The van der Waals surface area contributed by atoms with Crippen LogP contribution in [0.3, 0.4) is 0 Å². The first kappa shape index (κ1) is 19.2. The van der Waals surface area contributed by atoms with Crippen molar-refractivity contribution in [3.8, 4) is 5.75 Å². The predicted octanol–water partition coefficient (Wildman–Crippen LogP) is 2.27. The summed E-state index contributed by atoms with van der Waals surface area (Å²) >= 11 is 0. The van der Waals surface area contributed by atoms with E-state index in [2.05, 4.69) is 17.4 Å². The predicted molar refractivity (Wildman–Crippen MR) is 106 cm³/mol. The van der Waals surface area contributed by atoms with Crippen LogP contribution in [-0.2, 0) is 21.2 Å². The number of ether oxygens (including phenoxy) is 1. The van der Waals surface area contributed by atoms with Crippen molar-refractivity contribution in [1.29, 1.82) is 0 Å². The molecule has 1 amide bonds. The summed E-state index contributed by atoms with van der Waals surface area (Å²) in [6.07, 6.45) is 1.93. The average molecular weight is 388 g/mol. The van der Waals surface area contributed by atoms with E-state index in [0.29, 0.717) is 18.0 Å². The van der Waals surface area contributed by atoms with Crippen LogP contribution in [0.2, 0.25) is 0 Å². The van der Waals surface area contributed by atoms with Gasteiger partial charge in [-0.1, -0.05) is 36.4 Å². The molecule has 1 atom stereocenters. The van der Waals surface area contributed by atoms with Gasteiger partial charge in [0.25, 0.3) is 5.91 Å². The molecular formula is C20H24N2O4S. The van der Waals surface area contributed by atoms with Crippen molar-refractivity contribution in [3.63, 3.8) is 0 Å². The van der Waals surface area contributed by atoms with Crippen molar-refractivity contribution in [1.82, 2.24) is 5.32 Å². The minimum absolute atomic E-state index is 0.0280. The SMILES string of the molecule is Cc1ccc2c(c1)N(S(C)(=O)=O)C[C@@H](C(=O)NCCCc1ccccc1)O2. The Bertz CT molecular complexity index is 913. The first-order valence-electron chi connectivity index (χ1n) is 8.91. The van der Waals surface area contributed by atoms with E-state index in [1.165, 1.54) is 9.87 Å². The zero-order valence-corrected chi connectivity index (χ0v) is 16.3. The molecule has 2 aromatic rings. The maximum Gasteiger partial charge on any atom is 0.263 e. The van der Waals surface area contributed by atoms with Crippen LogP contribution in [0, 0.1) is 6.92 Å². The number of rotatable bonds is 6. The Balaban J connectivity index is 1.63. The molecule has 0 aromatic heterocycles. The number of nitrogens with one attached hydrogen (secondary N) is 1. The molecule has 27 heavy (non-hydrogen) atoms. The number of hydrogen-bond donors (Lipinski definition) is 1. The molecule has 0 spiro atoms. The van der Waals surface area contributed by atoms with Crippen LogP contribution in [0.15, 0.2) is 48.5 Å². The lowest BCUT2D eigenvalue weighted by Crippen LogP contribution is -2.50. The molecule has 0 bridgehead atoms. The summed E-state index contributed by atoms with van der Waals surface area (Å²) in [5.74, 6) is 0.102. The summed E-state index contributed by atoms with van der Waals surface area (Å²) in [5, 5.41) is 2.85. The van der Waals surface area contributed by atoms with E-state index < -0.39 is 16.1 Å². The Labute approximate surface area is 160 Å². The standard InChI is InChI=1S/C20H24N2O4S/c1-15-10-11-18-17(13-15)22(27(2,24)25)14-19(26-18)20(23)21-12-6-9-16-7-4-3-5-8-16/h3-5,7-8,10-11,13,19H,6,9,12,14H2,1-2H3,(H,21,23)/t19-/m0/s1. The number of sulfonamides is 1. The van der Waals surface area contributed by atoms with E-state index >= 15 is 0 Å². The van der Waals surface area contributed by atoms with E-state index in [4.69, 9.17) is 4.74 Å². The van der Waals surface area contributed by atoms with E-state index in [9.17, 15) is 13.2 Å². The van der Waals surface area contributed by atoms with E-state index in [-0.39, 0.29) is 12.5 Å². The molecule has 1 aliphatic heterocycles. The van der Waals surface area contributed by atoms with Gasteiger partial charge in [0.2, 0.25) is 10.0 Å². The van der Waals surface area contributed by atoms with E-state index in [1.54, 1.807) is 12.1 Å². The quantitative estimate of drug-likeness (QED) is 0.771. The molecule has 0 radical (unpaired) electrons. The van der Waals surface area contributed by atoms with Crippen molar-refractivity contribution in [2.24, 2.45) is 0 Å². The lowest BCUT2D eigenvalue weighted by atomic mass is 10.1. The topological polar surface area (TPSA) is 75.7 Å². The monoisotopic (exact) mass is 388 g/mol. The Morgan fingerprint density at radius 1 is 1.22 bits per heavy atom. The zero-order chi connectivity index (χ0) is 19.4. The van der Waals surface area contributed by atoms with Crippen LogP contribution in [-0.4, -0.2) is 39.8 Å². The van der Waals surface area contributed by atoms with Gasteiger partial charge in [-0.2, -0.15) is 0 Å². The van der Waals surface area contributed by atoms with Crippen LogP contribution in [0.25, 0.3) is 0 Å². The fourth-order valence-electron chi connectivity index (χ4n) is 3.07. The Kier molecular flexibility index (Phi) is 5.70. The summed E-state index contributed by atoms with van der Waals surface area (Å²) < 4.78 is 31.4. The second kappa shape index (κ2) is 8.00. The first-order valence-corrected chi connectivity index (χ1v) is 10.8. The van der Waals surface area contributed by atoms with Gasteiger partial charge < -0.3 is 10.1 Å². The normalized spacial score (nSPS) is 16.4. The molecule has 0 aliphatic carbocycles. The van der Waals surface area contributed by atoms with Gasteiger partial charge in [0.15, 0.2) is 6.10 Å². The molecular weight excluding hydrogens is 364 g/mol. The fourth-order valence-corrected chi connectivity index (χ4v) is 3.98. The third kappa shape index (κ3) is 4.80. The molecule has 6 nitrogen and oxygen atoms in total. The minimum Gasteiger partial charge on any atom is -0.476 e. The van der Waals surface area contributed by atoms with Crippen molar-refractivity contribution < 1.29 is 17.9 Å². The molecule has 0 unspecified atom stereocenters. The highest BCUT2D eigenvalue weighted by Crippen LogP contribution is 2.35. The van der Waals surface area contributed by atoms with Crippen molar-refractivity contribution in [3.05, 3.63) is 59.7 Å². The molecule has 1 N–H and O–H groups in total. The summed E-state index contributed by atoms with van der Waals surface area (Å²) in [6.45, 7) is 2.36. The Morgan fingerprint density at radius 2 is 1.96 bits per heavy atom.